The number of cyclic esters (lactones) is 1. The summed E-state index contributed by atoms with van der Waals surface area (Å²) in [6.07, 6.45) is 0. The van der Waals surface area contributed by atoms with Crippen LogP contribution in [-0.4, -0.2) is 12.6 Å². The molecule has 3 heteroatoms. The van der Waals surface area contributed by atoms with E-state index in [-0.39, 0.29) is 11.4 Å². The molecule has 1 aromatic rings. The van der Waals surface area contributed by atoms with Crippen molar-refractivity contribution in [3.63, 3.8) is 0 Å². The minimum absolute atomic E-state index is 0.0434. The van der Waals surface area contributed by atoms with Gasteiger partial charge in [-0.15, -0.1) is 0 Å². The van der Waals surface area contributed by atoms with E-state index in [0.717, 1.165) is 10.0 Å². The van der Waals surface area contributed by atoms with Crippen LogP contribution < -0.4 is 0 Å². The maximum absolute atomic E-state index is 11.8. The number of esters is 1. The number of benzene rings is 1. The summed E-state index contributed by atoms with van der Waals surface area (Å²) in [6.45, 7) is 2.72. The Morgan fingerprint density at radius 3 is 2.93 bits per heavy atom. The molecule has 2 aliphatic rings. The molecule has 2 fully saturated rings. The predicted octanol–water partition coefficient (Wildman–Crippen LogP) is 2.51. The van der Waals surface area contributed by atoms with Gasteiger partial charge >= 0.3 is 5.97 Å². The normalized spacial score (nSPS) is 37.3. The standard InChI is InChI=1S/C12H11BrO2/c1-7-10-6-15-11(14)12(7,10)8-3-2-4-9(13)5-8/h2-5,7,10H,6H2,1H3. The molecule has 1 saturated heterocycles. The number of halogens is 1. The Labute approximate surface area is 96.8 Å². The Bertz CT molecular complexity index is 443. The van der Waals surface area contributed by atoms with E-state index in [4.69, 9.17) is 4.74 Å². The summed E-state index contributed by atoms with van der Waals surface area (Å²) in [5.41, 5.74) is 0.765. The van der Waals surface area contributed by atoms with Crippen LogP contribution in [0.15, 0.2) is 28.7 Å². The Morgan fingerprint density at radius 1 is 1.53 bits per heavy atom. The summed E-state index contributed by atoms with van der Waals surface area (Å²) in [4.78, 5) is 11.8. The van der Waals surface area contributed by atoms with Gasteiger partial charge in [-0.25, -0.2) is 0 Å². The van der Waals surface area contributed by atoms with E-state index in [1.54, 1.807) is 0 Å². The van der Waals surface area contributed by atoms with Crippen LogP contribution in [0.25, 0.3) is 0 Å². The molecule has 1 aliphatic heterocycles. The number of hydrogen-bond donors (Lipinski definition) is 0. The molecule has 1 saturated carbocycles. The van der Waals surface area contributed by atoms with Gasteiger partial charge < -0.3 is 4.74 Å². The fraction of sp³-hybridized carbons (Fsp3) is 0.417. The molecule has 15 heavy (non-hydrogen) atoms. The summed E-state index contributed by atoms with van der Waals surface area (Å²) < 4.78 is 6.15. The van der Waals surface area contributed by atoms with Gasteiger partial charge in [-0.3, -0.25) is 4.79 Å². The first-order chi connectivity index (χ1) is 7.17. The Kier molecular flexibility index (Phi) is 1.78. The van der Waals surface area contributed by atoms with E-state index in [9.17, 15) is 4.79 Å². The number of hydrogen-bond acceptors (Lipinski definition) is 2. The van der Waals surface area contributed by atoms with Gasteiger partial charge in [0.2, 0.25) is 0 Å². The summed E-state index contributed by atoms with van der Waals surface area (Å²) in [5, 5.41) is 0. The maximum atomic E-state index is 11.8. The van der Waals surface area contributed by atoms with Crippen LogP contribution in [0, 0.1) is 11.8 Å². The number of fused-ring (bicyclic) bond motifs is 1. The average Bonchev–Trinajstić information content (AvgIpc) is 2.63. The van der Waals surface area contributed by atoms with E-state index in [2.05, 4.69) is 22.9 Å². The Hall–Kier alpha value is -0.830. The van der Waals surface area contributed by atoms with Crippen LogP contribution in [0.4, 0.5) is 0 Å². The minimum Gasteiger partial charge on any atom is -0.465 e. The summed E-state index contributed by atoms with van der Waals surface area (Å²) in [6, 6.07) is 8.00. The molecule has 1 aromatic carbocycles. The monoisotopic (exact) mass is 266 g/mol. The third-order valence-electron chi connectivity index (χ3n) is 3.83. The highest BCUT2D eigenvalue weighted by Crippen LogP contribution is 2.64. The SMILES string of the molecule is CC1C2COC(=O)C12c1cccc(Br)c1. The fourth-order valence-corrected chi connectivity index (χ4v) is 3.29. The molecule has 0 aromatic heterocycles. The lowest BCUT2D eigenvalue weighted by Crippen LogP contribution is -2.21. The largest absolute Gasteiger partial charge is 0.465 e. The first kappa shape index (κ1) is 9.40. The molecule has 0 bridgehead atoms. The molecule has 1 heterocycles. The molecule has 0 amide bonds. The lowest BCUT2D eigenvalue weighted by Gasteiger charge is -2.11. The van der Waals surface area contributed by atoms with Crippen LogP contribution in [0.5, 0.6) is 0 Å². The summed E-state index contributed by atoms with van der Waals surface area (Å²) in [5.74, 6) is 0.769. The third-order valence-corrected chi connectivity index (χ3v) is 4.32. The van der Waals surface area contributed by atoms with Crippen molar-refractivity contribution >= 4 is 21.9 Å². The molecule has 1 aliphatic carbocycles. The molecular formula is C12H11BrO2. The number of carbonyl (C=O) groups excluding carboxylic acids is 1. The van der Waals surface area contributed by atoms with E-state index < -0.39 is 0 Å². The van der Waals surface area contributed by atoms with Crippen molar-refractivity contribution in [2.75, 3.05) is 6.61 Å². The van der Waals surface area contributed by atoms with Gasteiger partial charge in [0, 0.05) is 10.4 Å². The number of carbonyl (C=O) groups is 1. The van der Waals surface area contributed by atoms with E-state index in [1.807, 2.05) is 24.3 Å². The van der Waals surface area contributed by atoms with E-state index in [1.165, 1.54) is 0 Å². The Morgan fingerprint density at radius 2 is 2.33 bits per heavy atom. The van der Waals surface area contributed by atoms with Crippen LogP contribution >= 0.6 is 15.9 Å². The zero-order valence-electron chi connectivity index (χ0n) is 8.37. The van der Waals surface area contributed by atoms with Crippen LogP contribution in [0.3, 0.4) is 0 Å². The topological polar surface area (TPSA) is 26.3 Å². The van der Waals surface area contributed by atoms with Crippen molar-refractivity contribution in [3.8, 4) is 0 Å². The maximum Gasteiger partial charge on any atom is 0.317 e. The highest BCUT2D eigenvalue weighted by Gasteiger charge is 2.73. The Balaban J connectivity index is 2.11. The number of rotatable bonds is 1. The van der Waals surface area contributed by atoms with Gasteiger partial charge in [-0.1, -0.05) is 35.0 Å². The van der Waals surface area contributed by atoms with Gasteiger partial charge in [-0.2, -0.15) is 0 Å². The quantitative estimate of drug-likeness (QED) is 0.731. The van der Waals surface area contributed by atoms with Crippen LogP contribution in [0.2, 0.25) is 0 Å². The van der Waals surface area contributed by atoms with Crippen LogP contribution in [0.1, 0.15) is 12.5 Å². The molecule has 0 N–H and O–H groups in total. The molecule has 78 valence electrons. The van der Waals surface area contributed by atoms with E-state index in [0.29, 0.717) is 18.4 Å². The zero-order valence-corrected chi connectivity index (χ0v) is 9.95. The van der Waals surface area contributed by atoms with Crippen LogP contribution in [-0.2, 0) is 14.9 Å². The van der Waals surface area contributed by atoms with E-state index >= 15 is 0 Å². The summed E-state index contributed by atoms with van der Waals surface area (Å²) in [7, 11) is 0. The van der Waals surface area contributed by atoms with Crippen molar-refractivity contribution in [1.29, 1.82) is 0 Å². The van der Waals surface area contributed by atoms with Gasteiger partial charge in [0.25, 0.3) is 0 Å². The number of ether oxygens (including phenoxy) is 1. The van der Waals surface area contributed by atoms with Gasteiger partial charge in [0.05, 0.1) is 6.61 Å². The lowest BCUT2D eigenvalue weighted by molar-refractivity contribution is -0.143. The highest BCUT2D eigenvalue weighted by atomic mass is 79.9. The van der Waals surface area contributed by atoms with Gasteiger partial charge in [0.1, 0.15) is 5.41 Å². The zero-order chi connectivity index (χ0) is 10.6. The smallest absolute Gasteiger partial charge is 0.317 e. The van der Waals surface area contributed by atoms with Crippen molar-refractivity contribution in [2.45, 2.75) is 12.3 Å². The second kappa shape index (κ2) is 2.85. The second-order valence-corrected chi connectivity index (χ2v) is 5.29. The molecule has 3 rings (SSSR count). The average molecular weight is 267 g/mol. The lowest BCUT2D eigenvalue weighted by atomic mass is 9.93. The van der Waals surface area contributed by atoms with Crippen molar-refractivity contribution in [1.82, 2.24) is 0 Å². The fourth-order valence-electron chi connectivity index (χ4n) is 2.89. The van der Waals surface area contributed by atoms with Crippen molar-refractivity contribution in [2.24, 2.45) is 11.8 Å². The molecule has 0 radical (unpaired) electrons. The summed E-state index contributed by atoms with van der Waals surface area (Å²) >= 11 is 3.44. The predicted molar refractivity (Wildman–Crippen MR) is 59.4 cm³/mol. The molecular weight excluding hydrogens is 256 g/mol. The first-order valence-corrected chi connectivity index (χ1v) is 5.90. The van der Waals surface area contributed by atoms with Gasteiger partial charge in [-0.05, 0) is 23.6 Å². The molecule has 3 atom stereocenters. The molecule has 2 nitrogen and oxygen atoms in total. The molecule has 3 unspecified atom stereocenters. The second-order valence-electron chi connectivity index (χ2n) is 4.37. The minimum atomic E-state index is -0.330. The third kappa shape index (κ3) is 1.02. The molecule has 0 spiro atoms. The van der Waals surface area contributed by atoms with Gasteiger partial charge in [0.15, 0.2) is 0 Å². The first-order valence-electron chi connectivity index (χ1n) is 5.10. The van der Waals surface area contributed by atoms with Crippen molar-refractivity contribution < 1.29 is 9.53 Å². The highest BCUT2D eigenvalue weighted by molar-refractivity contribution is 9.10. The van der Waals surface area contributed by atoms with Crippen molar-refractivity contribution in [3.05, 3.63) is 34.3 Å².